The zero-order valence-electron chi connectivity index (χ0n) is 17.7. The summed E-state index contributed by atoms with van der Waals surface area (Å²) in [5.74, 6) is -0.851. The minimum absolute atomic E-state index is 0.0114. The van der Waals surface area contributed by atoms with Crippen LogP contribution in [0.4, 0.5) is 10.1 Å². The third-order valence-corrected chi connectivity index (χ3v) is 5.82. The summed E-state index contributed by atoms with van der Waals surface area (Å²) in [4.78, 5) is 12.8. The molecule has 0 saturated carbocycles. The van der Waals surface area contributed by atoms with Gasteiger partial charge >= 0.3 is 0 Å². The second-order valence-corrected chi connectivity index (χ2v) is 8.15. The zero-order chi connectivity index (χ0) is 24.1. The topological polar surface area (TPSA) is 62.1 Å². The van der Waals surface area contributed by atoms with Crippen LogP contribution in [0.25, 0.3) is 16.8 Å². The maximum Gasteiger partial charge on any atom is 0.266 e. The van der Waals surface area contributed by atoms with E-state index in [2.05, 4.69) is 5.32 Å². The molecule has 0 aliphatic carbocycles. The second-order valence-electron chi connectivity index (χ2n) is 7.34. The zero-order valence-corrected chi connectivity index (χ0v) is 19.2. The van der Waals surface area contributed by atoms with Gasteiger partial charge in [-0.2, -0.15) is 5.26 Å². The summed E-state index contributed by atoms with van der Waals surface area (Å²) < 4.78 is 20.0. The Morgan fingerprint density at radius 2 is 1.76 bits per heavy atom. The normalized spacial score (nSPS) is 11.2. The van der Waals surface area contributed by atoms with E-state index in [1.807, 2.05) is 36.4 Å². The van der Waals surface area contributed by atoms with Crippen molar-refractivity contribution in [3.8, 4) is 11.8 Å². The molecule has 0 fully saturated rings. The number of hydrogen-bond acceptors (Lipinski definition) is 3. The quantitative estimate of drug-likeness (QED) is 0.226. The molecule has 4 nitrogen and oxygen atoms in total. The lowest BCUT2D eigenvalue weighted by molar-refractivity contribution is -0.112. The number of carbonyl (C=O) groups is 1. The van der Waals surface area contributed by atoms with E-state index in [1.54, 1.807) is 30.3 Å². The molecule has 1 amide bonds. The summed E-state index contributed by atoms with van der Waals surface area (Å²) >= 11 is 12.1. The van der Waals surface area contributed by atoms with Crippen LogP contribution in [0.3, 0.4) is 0 Å². The first-order valence-electron chi connectivity index (χ1n) is 10.2. The number of fused-ring (bicyclic) bond motifs is 1. The number of anilines is 1. The van der Waals surface area contributed by atoms with Crippen molar-refractivity contribution in [1.82, 2.24) is 0 Å². The molecule has 1 N–H and O–H groups in total. The predicted molar refractivity (Wildman–Crippen MR) is 133 cm³/mol. The first kappa shape index (κ1) is 23.3. The summed E-state index contributed by atoms with van der Waals surface area (Å²) in [6, 6.07) is 24.1. The highest BCUT2D eigenvalue weighted by Gasteiger charge is 2.15. The summed E-state index contributed by atoms with van der Waals surface area (Å²) in [5, 5.41) is 14.7. The third-order valence-electron chi connectivity index (χ3n) is 5.08. The number of nitrogens with zero attached hydrogens (tertiary/aromatic N) is 1. The van der Waals surface area contributed by atoms with Crippen LogP contribution >= 0.6 is 23.2 Å². The highest BCUT2D eigenvalue weighted by atomic mass is 35.5. The molecule has 4 aromatic rings. The van der Waals surface area contributed by atoms with Crippen LogP contribution in [0.5, 0.6) is 5.75 Å². The van der Waals surface area contributed by atoms with Gasteiger partial charge in [-0.15, -0.1) is 0 Å². The molecular formula is C27H17Cl2FN2O2. The van der Waals surface area contributed by atoms with Crippen LogP contribution in [0.15, 0.2) is 84.4 Å². The predicted octanol–water partition coefficient (Wildman–Crippen LogP) is 7.41. The molecular weight excluding hydrogens is 474 g/mol. The summed E-state index contributed by atoms with van der Waals surface area (Å²) in [6.45, 7) is 0.194. The Morgan fingerprint density at radius 3 is 2.53 bits per heavy atom. The monoisotopic (exact) mass is 490 g/mol. The van der Waals surface area contributed by atoms with Crippen molar-refractivity contribution in [3.05, 3.63) is 111 Å². The maximum absolute atomic E-state index is 14.0. The third kappa shape index (κ3) is 5.20. The van der Waals surface area contributed by atoms with E-state index in [-0.39, 0.29) is 17.9 Å². The summed E-state index contributed by atoms with van der Waals surface area (Å²) in [6.07, 6.45) is 1.45. The van der Waals surface area contributed by atoms with E-state index in [0.29, 0.717) is 21.4 Å². The molecule has 7 heteroatoms. The number of benzene rings is 4. The molecule has 0 heterocycles. The number of ether oxygens (including phenoxy) is 1. The lowest BCUT2D eigenvalue weighted by atomic mass is 10.0. The first-order chi connectivity index (χ1) is 16.5. The number of nitrogens with one attached hydrogen (secondary N) is 1. The molecule has 0 bridgehead atoms. The van der Waals surface area contributed by atoms with Gasteiger partial charge in [-0.25, -0.2) is 4.39 Å². The number of halogens is 3. The lowest BCUT2D eigenvalue weighted by Crippen LogP contribution is -2.14. The highest BCUT2D eigenvalue weighted by molar-refractivity contribution is 6.42. The van der Waals surface area contributed by atoms with Crippen LogP contribution in [0, 0.1) is 17.1 Å². The number of para-hydroxylation sites is 1. The molecule has 4 rings (SSSR count). The van der Waals surface area contributed by atoms with Crippen molar-refractivity contribution >= 4 is 51.6 Å². The Hall–Kier alpha value is -3.85. The lowest BCUT2D eigenvalue weighted by Gasteiger charge is -2.13. The highest BCUT2D eigenvalue weighted by Crippen LogP contribution is 2.32. The maximum atomic E-state index is 14.0. The smallest absolute Gasteiger partial charge is 0.266 e. The van der Waals surface area contributed by atoms with E-state index in [4.69, 9.17) is 27.9 Å². The number of nitriles is 1. The van der Waals surface area contributed by atoms with E-state index in [9.17, 15) is 14.4 Å². The second kappa shape index (κ2) is 10.4. The summed E-state index contributed by atoms with van der Waals surface area (Å²) in [5.41, 5.74) is 1.15. The SMILES string of the molecule is N#C/C(=C\c1c(OCc2ccc(Cl)c(Cl)c2)ccc2ccccc12)C(=O)Nc1ccccc1F. The minimum atomic E-state index is -0.726. The summed E-state index contributed by atoms with van der Waals surface area (Å²) in [7, 11) is 0. The van der Waals surface area contributed by atoms with E-state index in [1.165, 1.54) is 24.3 Å². The molecule has 0 aliphatic rings. The first-order valence-corrected chi connectivity index (χ1v) is 11.0. The van der Waals surface area contributed by atoms with Crippen LogP contribution < -0.4 is 10.1 Å². The Balaban J connectivity index is 1.70. The molecule has 0 unspecified atom stereocenters. The average Bonchev–Trinajstić information content (AvgIpc) is 2.85. The number of amides is 1. The van der Waals surface area contributed by atoms with Crippen molar-refractivity contribution in [2.45, 2.75) is 6.61 Å². The van der Waals surface area contributed by atoms with Gasteiger partial charge in [0.15, 0.2) is 0 Å². The molecule has 4 aromatic carbocycles. The molecule has 0 spiro atoms. The molecule has 0 radical (unpaired) electrons. The van der Waals surface area contributed by atoms with Gasteiger partial charge in [-0.3, -0.25) is 4.79 Å². The van der Waals surface area contributed by atoms with Crippen molar-refractivity contribution < 1.29 is 13.9 Å². The standard InChI is InChI=1S/C27H17Cl2FN2O2/c28-22-11-9-17(13-23(22)29)16-34-26-12-10-18-5-1-2-6-20(18)21(26)14-19(15-31)27(33)32-25-8-4-3-7-24(25)30/h1-14H,16H2,(H,32,33)/b19-14+. The van der Waals surface area contributed by atoms with Crippen molar-refractivity contribution in [2.75, 3.05) is 5.32 Å². The van der Waals surface area contributed by atoms with Crippen molar-refractivity contribution in [2.24, 2.45) is 0 Å². The Bertz CT molecular complexity index is 1460. The van der Waals surface area contributed by atoms with Gasteiger partial charge in [0.1, 0.15) is 29.8 Å². The molecule has 0 saturated heterocycles. The Labute approximate surface area is 205 Å². The Kier molecular flexibility index (Phi) is 7.12. The number of hydrogen-bond donors (Lipinski definition) is 1. The van der Waals surface area contributed by atoms with Gasteiger partial charge in [0, 0.05) is 5.56 Å². The fraction of sp³-hybridized carbons (Fsp3) is 0.0370. The van der Waals surface area contributed by atoms with Crippen molar-refractivity contribution in [3.63, 3.8) is 0 Å². The minimum Gasteiger partial charge on any atom is -0.488 e. The average molecular weight is 491 g/mol. The van der Waals surface area contributed by atoms with Gasteiger partial charge in [0.25, 0.3) is 5.91 Å². The van der Waals surface area contributed by atoms with Crippen LogP contribution in [0.2, 0.25) is 10.0 Å². The van der Waals surface area contributed by atoms with Gasteiger partial charge in [0.2, 0.25) is 0 Å². The number of carbonyl (C=O) groups excluding carboxylic acids is 1. The van der Waals surface area contributed by atoms with Gasteiger partial charge in [-0.05, 0) is 52.7 Å². The fourth-order valence-corrected chi connectivity index (χ4v) is 3.71. The van der Waals surface area contributed by atoms with Gasteiger partial charge in [0.05, 0.1) is 15.7 Å². The molecule has 0 atom stereocenters. The van der Waals surface area contributed by atoms with Gasteiger partial charge < -0.3 is 10.1 Å². The molecule has 0 aromatic heterocycles. The van der Waals surface area contributed by atoms with Crippen LogP contribution in [-0.2, 0) is 11.4 Å². The molecule has 0 aliphatic heterocycles. The molecule has 34 heavy (non-hydrogen) atoms. The van der Waals surface area contributed by atoms with E-state index in [0.717, 1.165) is 16.3 Å². The largest absolute Gasteiger partial charge is 0.488 e. The number of rotatable bonds is 6. The van der Waals surface area contributed by atoms with E-state index < -0.39 is 11.7 Å². The van der Waals surface area contributed by atoms with E-state index >= 15 is 0 Å². The van der Waals surface area contributed by atoms with Gasteiger partial charge in [-0.1, -0.05) is 71.7 Å². The van der Waals surface area contributed by atoms with Crippen LogP contribution in [0.1, 0.15) is 11.1 Å². The Morgan fingerprint density at radius 1 is 1.00 bits per heavy atom. The van der Waals surface area contributed by atoms with Crippen LogP contribution in [-0.4, -0.2) is 5.91 Å². The molecule has 168 valence electrons. The fourth-order valence-electron chi connectivity index (χ4n) is 3.39. The van der Waals surface area contributed by atoms with Crippen molar-refractivity contribution in [1.29, 1.82) is 5.26 Å².